The molecule has 4 aromatic rings. The van der Waals surface area contributed by atoms with Crippen LogP contribution in [0.2, 0.25) is 0 Å². The lowest BCUT2D eigenvalue weighted by Gasteiger charge is -2.12. The summed E-state index contributed by atoms with van der Waals surface area (Å²) >= 11 is 0. The molecular formula is C31H28O6. The van der Waals surface area contributed by atoms with Crippen molar-refractivity contribution in [3.8, 4) is 45.3 Å². The summed E-state index contributed by atoms with van der Waals surface area (Å²) in [7, 11) is 3.07. The SMILES string of the molecule is COc1cc(CC(=O)CC(=O)Cc2ccc(-c3ccccc3O)c(OC)c2)ccc1-c1ccccc1O. The van der Waals surface area contributed by atoms with E-state index in [1.807, 2.05) is 12.1 Å². The largest absolute Gasteiger partial charge is 0.507 e. The average molecular weight is 497 g/mol. The van der Waals surface area contributed by atoms with Gasteiger partial charge < -0.3 is 19.7 Å². The summed E-state index contributed by atoms with van der Waals surface area (Å²) in [5.41, 5.74) is 4.15. The minimum Gasteiger partial charge on any atom is -0.507 e. The van der Waals surface area contributed by atoms with Gasteiger partial charge in [0.1, 0.15) is 34.6 Å². The van der Waals surface area contributed by atoms with Gasteiger partial charge >= 0.3 is 0 Å². The van der Waals surface area contributed by atoms with Crippen LogP contribution in [0.5, 0.6) is 23.0 Å². The third kappa shape index (κ3) is 5.98. The summed E-state index contributed by atoms with van der Waals surface area (Å²) in [6.45, 7) is 0. The van der Waals surface area contributed by atoms with Crippen LogP contribution < -0.4 is 9.47 Å². The number of methoxy groups -OCH3 is 2. The van der Waals surface area contributed by atoms with Crippen molar-refractivity contribution in [3.63, 3.8) is 0 Å². The summed E-state index contributed by atoms with van der Waals surface area (Å²) < 4.78 is 11.0. The van der Waals surface area contributed by atoms with Crippen LogP contribution in [0.1, 0.15) is 17.5 Å². The molecule has 0 bridgehead atoms. The van der Waals surface area contributed by atoms with Gasteiger partial charge in [-0.05, 0) is 35.4 Å². The van der Waals surface area contributed by atoms with Crippen LogP contribution in [0.25, 0.3) is 22.3 Å². The molecule has 0 radical (unpaired) electrons. The van der Waals surface area contributed by atoms with Crippen molar-refractivity contribution >= 4 is 11.6 Å². The van der Waals surface area contributed by atoms with E-state index in [2.05, 4.69) is 0 Å². The highest BCUT2D eigenvalue weighted by Crippen LogP contribution is 2.37. The van der Waals surface area contributed by atoms with E-state index in [0.717, 1.165) is 11.1 Å². The maximum atomic E-state index is 12.7. The zero-order valence-electron chi connectivity index (χ0n) is 20.7. The Labute approximate surface area is 215 Å². The molecular weight excluding hydrogens is 468 g/mol. The molecule has 6 heteroatoms. The Balaban J connectivity index is 1.42. The highest BCUT2D eigenvalue weighted by molar-refractivity contribution is 6.00. The van der Waals surface area contributed by atoms with Gasteiger partial charge in [0.25, 0.3) is 0 Å². The van der Waals surface area contributed by atoms with Gasteiger partial charge in [-0.1, -0.05) is 60.7 Å². The Morgan fingerprint density at radius 2 is 1.00 bits per heavy atom. The van der Waals surface area contributed by atoms with Crippen LogP contribution in [0.4, 0.5) is 0 Å². The lowest BCUT2D eigenvalue weighted by molar-refractivity contribution is -0.126. The first kappa shape index (κ1) is 25.5. The predicted molar refractivity (Wildman–Crippen MR) is 142 cm³/mol. The lowest BCUT2D eigenvalue weighted by atomic mass is 9.96. The molecule has 37 heavy (non-hydrogen) atoms. The molecule has 0 aliphatic rings. The number of phenols is 2. The molecule has 4 aromatic carbocycles. The molecule has 0 heterocycles. The highest BCUT2D eigenvalue weighted by atomic mass is 16.5. The van der Waals surface area contributed by atoms with E-state index in [4.69, 9.17) is 9.47 Å². The fraction of sp³-hybridized carbons (Fsp3) is 0.161. The number of benzene rings is 4. The monoisotopic (exact) mass is 496 g/mol. The van der Waals surface area contributed by atoms with Crippen molar-refractivity contribution in [2.75, 3.05) is 14.2 Å². The molecule has 0 spiro atoms. The summed E-state index contributed by atoms with van der Waals surface area (Å²) in [6, 6.07) is 24.7. The van der Waals surface area contributed by atoms with Gasteiger partial charge in [-0.15, -0.1) is 0 Å². The topological polar surface area (TPSA) is 93.1 Å². The maximum Gasteiger partial charge on any atom is 0.144 e. The number of carbonyl (C=O) groups is 2. The average Bonchev–Trinajstić information content (AvgIpc) is 2.89. The Morgan fingerprint density at radius 1 is 0.595 bits per heavy atom. The number of ketones is 2. The molecule has 6 nitrogen and oxygen atoms in total. The number of phenolic OH excluding ortho intramolecular Hbond substituents is 2. The quantitative estimate of drug-likeness (QED) is 0.271. The maximum absolute atomic E-state index is 12.7. The van der Waals surface area contributed by atoms with Crippen molar-refractivity contribution in [2.24, 2.45) is 0 Å². The number of carbonyl (C=O) groups excluding carboxylic acids is 2. The number of ether oxygens (including phenoxy) is 2. The van der Waals surface area contributed by atoms with Gasteiger partial charge in [0.2, 0.25) is 0 Å². The zero-order valence-corrected chi connectivity index (χ0v) is 20.7. The van der Waals surface area contributed by atoms with Gasteiger partial charge in [-0.3, -0.25) is 9.59 Å². The summed E-state index contributed by atoms with van der Waals surface area (Å²) in [5, 5.41) is 20.3. The van der Waals surface area contributed by atoms with Crippen LogP contribution in [0, 0.1) is 0 Å². The van der Waals surface area contributed by atoms with Crippen molar-refractivity contribution in [3.05, 3.63) is 96.1 Å². The van der Waals surface area contributed by atoms with Gasteiger partial charge in [-0.25, -0.2) is 0 Å². The Bertz CT molecular complexity index is 1330. The van der Waals surface area contributed by atoms with Gasteiger partial charge in [-0.2, -0.15) is 0 Å². The zero-order chi connectivity index (χ0) is 26.4. The minimum absolute atomic E-state index is 0.0959. The summed E-state index contributed by atoms with van der Waals surface area (Å²) in [6.07, 6.45) is 0.00443. The van der Waals surface area contributed by atoms with E-state index in [1.165, 1.54) is 14.2 Å². The number of hydrogen-bond donors (Lipinski definition) is 2. The third-order valence-corrected chi connectivity index (χ3v) is 6.12. The smallest absolute Gasteiger partial charge is 0.144 e. The number of para-hydroxylation sites is 2. The molecule has 0 aliphatic heterocycles. The molecule has 0 aromatic heterocycles. The van der Waals surface area contributed by atoms with E-state index in [-0.39, 0.29) is 42.3 Å². The first-order chi connectivity index (χ1) is 17.9. The van der Waals surface area contributed by atoms with E-state index in [9.17, 15) is 19.8 Å². The molecule has 0 amide bonds. The van der Waals surface area contributed by atoms with Crippen LogP contribution in [-0.4, -0.2) is 36.0 Å². The minimum atomic E-state index is -0.194. The molecule has 0 fully saturated rings. The van der Waals surface area contributed by atoms with E-state index < -0.39 is 0 Å². The first-order valence-corrected chi connectivity index (χ1v) is 11.8. The van der Waals surface area contributed by atoms with Gasteiger partial charge in [0.15, 0.2) is 0 Å². The second kappa shape index (κ2) is 11.4. The Morgan fingerprint density at radius 3 is 1.38 bits per heavy atom. The molecule has 0 unspecified atom stereocenters. The van der Waals surface area contributed by atoms with Crippen LogP contribution in [-0.2, 0) is 22.4 Å². The van der Waals surface area contributed by atoms with Crippen molar-refractivity contribution < 1.29 is 29.3 Å². The van der Waals surface area contributed by atoms with Crippen LogP contribution in [0.3, 0.4) is 0 Å². The molecule has 4 rings (SSSR count). The second-order valence-corrected chi connectivity index (χ2v) is 8.71. The fourth-order valence-corrected chi connectivity index (χ4v) is 4.34. The van der Waals surface area contributed by atoms with Crippen molar-refractivity contribution in [2.45, 2.75) is 19.3 Å². The number of hydrogen-bond acceptors (Lipinski definition) is 6. The third-order valence-electron chi connectivity index (χ3n) is 6.12. The summed E-state index contributed by atoms with van der Waals surface area (Å²) in [5.74, 6) is 0.964. The Kier molecular flexibility index (Phi) is 7.89. The van der Waals surface area contributed by atoms with Crippen molar-refractivity contribution in [1.29, 1.82) is 0 Å². The van der Waals surface area contributed by atoms with E-state index in [0.29, 0.717) is 33.8 Å². The fourth-order valence-electron chi connectivity index (χ4n) is 4.34. The van der Waals surface area contributed by atoms with Crippen LogP contribution >= 0.6 is 0 Å². The summed E-state index contributed by atoms with van der Waals surface area (Å²) in [4.78, 5) is 25.3. The lowest BCUT2D eigenvalue weighted by Crippen LogP contribution is -2.12. The van der Waals surface area contributed by atoms with Crippen LogP contribution in [0.15, 0.2) is 84.9 Å². The standard InChI is InChI=1S/C31H28O6/c1-36-30-17-20(11-13-26(30)24-7-3-5-9-28(24)34)15-22(32)19-23(33)16-21-12-14-27(31(18-21)37-2)25-8-4-6-10-29(25)35/h3-14,17-18,34-35H,15-16,19H2,1-2H3. The molecule has 0 atom stereocenters. The van der Waals surface area contributed by atoms with Gasteiger partial charge in [0.05, 0.1) is 20.6 Å². The van der Waals surface area contributed by atoms with Crippen molar-refractivity contribution in [1.82, 2.24) is 0 Å². The molecule has 188 valence electrons. The van der Waals surface area contributed by atoms with Gasteiger partial charge in [0, 0.05) is 35.1 Å². The number of aromatic hydroxyl groups is 2. The molecule has 0 saturated heterocycles. The molecule has 0 aliphatic carbocycles. The molecule has 0 saturated carbocycles. The second-order valence-electron chi connectivity index (χ2n) is 8.71. The normalized spacial score (nSPS) is 10.6. The number of rotatable bonds is 10. The number of Topliss-reactive ketones (excluding diaryl/α,β-unsaturated/α-hetero) is 2. The van der Waals surface area contributed by atoms with E-state index in [1.54, 1.807) is 72.8 Å². The predicted octanol–water partition coefficient (Wildman–Crippen LogP) is 5.76. The Hall–Kier alpha value is -4.58. The molecule has 2 N–H and O–H groups in total. The highest BCUT2D eigenvalue weighted by Gasteiger charge is 2.16. The first-order valence-electron chi connectivity index (χ1n) is 11.8. The van der Waals surface area contributed by atoms with E-state index >= 15 is 0 Å².